The number of nitrogens with zero attached hydrogens (tertiary/aromatic N) is 1. The molecule has 144 valence electrons. The van der Waals surface area contributed by atoms with Crippen LogP contribution in [-0.4, -0.2) is 24.4 Å². The summed E-state index contributed by atoms with van der Waals surface area (Å²) in [6.45, 7) is 5.87. The van der Waals surface area contributed by atoms with Crippen LogP contribution >= 0.6 is 0 Å². The Hall–Kier alpha value is -3.34. The Bertz CT molecular complexity index is 995. The summed E-state index contributed by atoms with van der Waals surface area (Å²) in [6.07, 6.45) is 0. The molecule has 28 heavy (non-hydrogen) atoms. The van der Waals surface area contributed by atoms with E-state index in [0.717, 1.165) is 22.1 Å². The molecule has 3 aromatic carbocycles. The zero-order valence-electron chi connectivity index (χ0n) is 16.4. The van der Waals surface area contributed by atoms with Gasteiger partial charge in [0.05, 0.1) is 5.69 Å². The van der Waals surface area contributed by atoms with Crippen molar-refractivity contribution in [2.45, 2.75) is 26.8 Å². The summed E-state index contributed by atoms with van der Waals surface area (Å²) in [4.78, 5) is 26.2. The van der Waals surface area contributed by atoms with E-state index in [4.69, 9.17) is 0 Å². The number of likely N-dealkylation sites (N-methyl/N-ethyl adjacent to an activating group) is 1. The number of fused-ring (bicyclic) bond motifs is 1. The molecule has 0 radical (unpaired) electrons. The van der Waals surface area contributed by atoms with E-state index >= 15 is 0 Å². The summed E-state index contributed by atoms with van der Waals surface area (Å²) in [5.74, 6) is -0.141. The number of hydrogen-bond acceptors (Lipinski definition) is 3. The first-order valence-electron chi connectivity index (χ1n) is 9.43. The Morgan fingerprint density at radius 2 is 1.64 bits per heavy atom. The fourth-order valence-electron chi connectivity index (χ4n) is 3.32. The van der Waals surface area contributed by atoms with Crippen molar-refractivity contribution in [1.29, 1.82) is 0 Å². The molecule has 5 nitrogen and oxygen atoms in total. The van der Waals surface area contributed by atoms with E-state index < -0.39 is 6.04 Å². The van der Waals surface area contributed by atoms with Crippen LogP contribution in [0.15, 0.2) is 66.7 Å². The van der Waals surface area contributed by atoms with Crippen molar-refractivity contribution in [2.75, 3.05) is 22.1 Å². The van der Waals surface area contributed by atoms with Gasteiger partial charge in [0, 0.05) is 30.2 Å². The Labute approximate surface area is 165 Å². The zero-order valence-corrected chi connectivity index (χ0v) is 16.4. The highest BCUT2D eigenvalue weighted by atomic mass is 16.2. The van der Waals surface area contributed by atoms with E-state index in [1.54, 1.807) is 4.90 Å². The third-order valence-electron chi connectivity index (χ3n) is 4.58. The average molecular weight is 375 g/mol. The van der Waals surface area contributed by atoms with Gasteiger partial charge in [-0.15, -0.1) is 0 Å². The highest BCUT2D eigenvalue weighted by Gasteiger charge is 2.22. The average Bonchev–Trinajstić information content (AvgIpc) is 2.68. The summed E-state index contributed by atoms with van der Waals surface area (Å²) >= 11 is 0. The van der Waals surface area contributed by atoms with Crippen LogP contribution in [0.5, 0.6) is 0 Å². The zero-order chi connectivity index (χ0) is 20.1. The predicted octanol–water partition coefficient (Wildman–Crippen LogP) is 4.65. The van der Waals surface area contributed by atoms with Crippen molar-refractivity contribution in [3.05, 3.63) is 66.7 Å². The number of amides is 2. The number of hydrogen-bond donors (Lipinski definition) is 2. The molecule has 3 aromatic rings. The van der Waals surface area contributed by atoms with Gasteiger partial charge < -0.3 is 15.5 Å². The van der Waals surface area contributed by atoms with E-state index in [1.165, 1.54) is 6.92 Å². The molecule has 0 aliphatic carbocycles. The lowest BCUT2D eigenvalue weighted by molar-refractivity contribution is -0.119. The topological polar surface area (TPSA) is 61.4 Å². The molecule has 0 fully saturated rings. The van der Waals surface area contributed by atoms with Crippen molar-refractivity contribution in [3.63, 3.8) is 0 Å². The van der Waals surface area contributed by atoms with E-state index in [2.05, 4.69) is 10.6 Å². The van der Waals surface area contributed by atoms with E-state index in [0.29, 0.717) is 12.2 Å². The van der Waals surface area contributed by atoms with Gasteiger partial charge in [-0.1, -0.05) is 42.5 Å². The van der Waals surface area contributed by atoms with Crippen LogP contribution in [0.3, 0.4) is 0 Å². The standard InChI is InChI=1S/C23H25N3O2/c1-4-26(22-14-7-10-18-9-5-6-13-21(18)22)23(28)16(2)24-19-11-8-12-20(15-19)25-17(3)27/h5-16,24H,4H2,1-3H3,(H,25,27)/t16-/m0/s1. The molecule has 0 saturated heterocycles. The summed E-state index contributed by atoms with van der Waals surface area (Å²) in [6, 6.07) is 21.0. The van der Waals surface area contributed by atoms with Gasteiger partial charge in [-0.25, -0.2) is 0 Å². The Balaban J connectivity index is 1.82. The van der Waals surface area contributed by atoms with E-state index in [-0.39, 0.29) is 11.8 Å². The number of rotatable bonds is 6. The molecule has 0 aliphatic heterocycles. The van der Waals surface area contributed by atoms with Gasteiger partial charge in [0.25, 0.3) is 0 Å². The quantitative estimate of drug-likeness (QED) is 0.659. The van der Waals surface area contributed by atoms with Gasteiger partial charge >= 0.3 is 0 Å². The van der Waals surface area contributed by atoms with E-state index in [9.17, 15) is 9.59 Å². The first-order chi connectivity index (χ1) is 13.5. The number of carbonyl (C=O) groups excluding carboxylic acids is 2. The Morgan fingerprint density at radius 1 is 0.964 bits per heavy atom. The Kier molecular flexibility index (Phi) is 5.94. The first-order valence-corrected chi connectivity index (χ1v) is 9.43. The van der Waals surface area contributed by atoms with Crippen LogP contribution in [0.25, 0.3) is 10.8 Å². The van der Waals surface area contributed by atoms with E-state index in [1.807, 2.05) is 80.6 Å². The molecular formula is C23H25N3O2. The monoisotopic (exact) mass is 375 g/mol. The second-order valence-corrected chi connectivity index (χ2v) is 6.71. The molecule has 2 N–H and O–H groups in total. The van der Waals surface area contributed by atoms with Gasteiger partial charge in [-0.2, -0.15) is 0 Å². The van der Waals surface area contributed by atoms with Crippen molar-refractivity contribution in [1.82, 2.24) is 0 Å². The molecule has 0 unspecified atom stereocenters. The van der Waals surface area contributed by atoms with Gasteiger partial charge in [-0.05, 0) is 43.5 Å². The lowest BCUT2D eigenvalue weighted by Gasteiger charge is -2.27. The minimum Gasteiger partial charge on any atom is -0.374 e. The molecule has 1 atom stereocenters. The van der Waals surface area contributed by atoms with Gasteiger partial charge in [0.2, 0.25) is 11.8 Å². The molecule has 0 saturated carbocycles. The SMILES string of the molecule is CCN(C(=O)[C@H](C)Nc1cccc(NC(C)=O)c1)c1cccc2ccccc12. The summed E-state index contributed by atoms with van der Waals surface area (Å²) in [7, 11) is 0. The van der Waals surface area contributed by atoms with Crippen LogP contribution in [0.1, 0.15) is 20.8 Å². The molecule has 2 amide bonds. The molecule has 0 heterocycles. The van der Waals surface area contributed by atoms with Crippen LogP contribution in [0.2, 0.25) is 0 Å². The van der Waals surface area contributed by atoms with Crippen molar-refractivity contribution < 1.29 is 9.59 Å². The highest BCUT2D eigenvalue weighted by Crippen LogP contribution is 2.27. The lowest BCUT2D eigenvalue weighted by atomic mass is 10.1. The summed E-state index contributed by atoms with van der Waals surface area (Å²) in [5, 5.41) is 8.16. The smallest absolute Gasteiger partial charge is 0.249 e. The van der Waals surface area contributed by atoms with Gasteiger partial charge in [0.15, 0.2) is 0 Å². The second kappa shape index (κ2) is 8.57. The number of nitrogens with one attached hydrogen (secondary N) is 2. The van der Waals surface area contributed by atoms with Crippen LogP contribution in [0.4, 0.5) is 17.1 Å². The third-order valence-corrected chi connectivity index (χ3v) is 4.58. The molecule has 0 spiro atoms. The molecular weight excluding hydrogens is 350 g/mol. The third kappa shape index (κ3) is 4.31. The highest BCUT2D eigenvalue weighted by molar-refractivity contribution is 6.06. The maximum Gasteiger partial charge on any atom is 0.249 e. The number of anilines is 3. The molecule has 0 aliphatic rings. The fraction of sp³-hybridized carbons (Fsp3) is 0.217. The van der Waals surface area contributed by atoms with Gasteiger partial charge in [0.1, 0.15) is 6.04 Å². The van der Waals surface area contributed by atoms with Crippen LogP contribution < -0.4 is 15.5 Å². The second-order valence-electron chi connectivity index (χ2n) is 6.71. The van der Waals surface area contributed by atoms with Crippen LogP contribution in [-0.2, 0) is 9.59 Å². The number of carbonyl (C=O) groups is 2. The van der Waals surface area contributed by atoms with Crippen molar-refractivity contribution in [2.24, 2.45) is 0 Å². The maximum atomic E-state index is 13.2. The van der Waals surface area contributed by atoms with Crippen LogP contribution in [0, 0.1) is 0 Å². The van der Waals surface area contributed by atoms with Crippen molar-refractivity contribution >= 4 is 39.6 Å². The molecule has 3 rings (SSSR count). The molecule has 0 aromatic heterocycles. The fourth-order valence-corrected chi connectivity index (χ4v) is 3.32. The lowest BCUT2D eigenvalue weighted by Crippen LogP contribution is -2.41. The largest absolute Gasteiger partial charge is 0.374 e. The number of benzene rings is 3. The summed E-state index contributed by atoms with van der Waals surface area (Å²) in [5.41, 5.74) is 2.38. The van der Waals surface area contributed by atoms with Gasteiger partial charge in [-0.3, -0.25) is 9.59 Å². The first kappa shape index (κ1) is 19.4. The minimum absolute atomic E-state index is 0.0104. The van der Waals surface area contributed by atoms with Crippen molar-refractivity contribution in [3.8, 4) is 0 Å². The normalized spacial score (nSPS) is 11.7. The molecule has 5 heteroatoms. The Morgan fingerprint density at radius 3 is 2.39 bits per heavy atom. The predicted molar refractivity (Wildman–Crippen MR) is 116 cm³/mol. The maximum absolute atomic E-state index is 13.2. The minimum atomic E-state index is -0.425. The summed E-state index contributed by atoms with van der Waals surface area (Å²) < 4.78 is 0. The molecule has 0 bridgehead atoms.